The summed E-state index contributed by atoms with van der Waals surface area (Å²) >= 11 is 12.6. The van der Waals surface area contributed by atoms with Crippen LogP contribution in [-0.2, 0) is 11.4 Å². The molecule has 0 spiro atoms. The Morgan fingerprint density at radius 2 is 1.72 bits per heavy atom. The Kier molecular flexibility index (Phi) is 6.90. The maximum Gasteiger partial charge on any atom is 0.285 e. The van der Waals surface area contributed by atoms with Crippen LogP contribution >= 0.6 is 35.6 Å². The van der Waals surface area contributed by atoms with E-state index >= 15 is 0 Å². The summed E-state index contributed by atoms with van der Waals surface area (Å²) in [5.41, 5.74) is 4.59. The van der Waals surface area contributed by atoms with Gasteiger partial charge >= 0.3 is 0 Å². The van der Waals surface area contributed by atoms with Crippen molar-refractivity contribution in [2.75, 3.05) is 0 Å². The van der Waals surface area contributed by atoms with Crippen LogP contribution in [0.2, 0.25) is 5.02 Å². The Balaban J connectivity index is 1.50. The summed E-state index contributed by atoms with van der Waals surface area (Å²) < 4.78 is 6.21. The van der Waals surface area contributed by atoms with E-state index in [-0.39, 0.29) is 4.32 Å². The molecule has 1 heterocycles. The number of carbonyl (C=O) groups is 2. The molecule has 1 fully saturated rings. The van der Waals surface area contributed by atoms with Crippen molar-refractivity contribution >= 4 is 57.8 Å². The number of rotatable bonds is 6. The van der Waals surface area contributed by atoms with Gasteiger partial charge in [-0.2, -0.15) is 5.01 Å². The van der Waals surface area contributed by atoms with E-state index in [0.29, 0.717) is 27.8 Å². The molecule has 1 aliphatic heterocycles. The average Bonchev–Trinajstić information content (AvgIpc) is 3.07. The fourth-order valence-electron chi connectivity index (χ4n) is 2.96. The molecule has 2 amide bonds. The van der Waals surface area contributed by atoms with E-state index in [2.05, 4.69) is 5.43 Å². The van der Waals surface area contributed by atoms with Crippen molar-refractivity contribution in [3.63, 3.8) is 0 Å². The third kappa shape index (κ3) is 5.02. The molecule has 0 unspecified atom stereocenters. The highest BCUT2D eigenvalue weighted by Gasteiger charge is 2.34. The number of para-hydroxylation sites is 1. The van der Waals surface area contributed by atoms with Gasteiger partial charge < -0.3 is 4.74 Å². The fraction of sp³-hybridized carbons (Fsp3) is 0.0417. The number of amides is 2. The molecule has 3 aromatic rings. The van der Waals surface area contributed by atoms with Crippen molar-refractivity contribution in [1.29, 1.82) is 0 Å². The van der Waals surface area contributed by atoms with Gasteiger partial charge in [0.1, 0.15) is 12.4 Å². The number of hydrazine groups is 1. The number of halogens is 1. The Labute approximate surface area is 200 Å². The molecule has 1 saturated heterocycles. The van der Waals surface area contributed by atoms with Gasteiger partial charge in [-0.05, 0) is 42.6 Å². The lowest BCUT2D eigenvalue weighted by molar-refractivity contribution is -0.123. The first-order chi connectivity index (χ1) is 15.5. The molecule has 3 aromatic carbocycles. The first-order valence-corrected chi connectivity index (χ1v) is 11.2. The Bertz CT molecular complexity index is 1210. The smallest absolute Gasteiger partial charge is 0.285 e. The van der Waals surface area contributed by atoms with E-state index in [4.69, 9.17) is 28.6 Å². The maximum absolute atomic E-state index is 12.9. The third-order valence-electron chi connectivity index (χ3n) is 4.59. The van der Waals surface area contributed by atoms with Gasteiger partial charge in [0.25, 0.3) is 11.8 Å². The fourth-order valence-corrected chi connectivity index (χ4v) is 4.32. The van der Waals surface area contributed by atoms with Crippen LogP contribution in [0, 0.1) is 0 Å². The number of benzene rings is 3. The van der Waals surface area contributed by atoms with Crippen molar-refractivity contribution in [2.45, 2.75) is 6.61 Å². The quantitative estimate of drug-likeness (QED) is 0.374. The summed E-state index contributed by atoms with van der Waals surface area (Å²) in [6.45, 7) is 0.290. The molecule has 0 saturated carbocycles. The van der Waals surface area contributed by atoms with Gasteiger partial charge in [-0.3, -0.25) is 15.0 Å². The van der Waals surface area contributed by atoms with Crippen molar-refractivity contribution < 1.29 is 14.3 Å². The normalized spacial score (nSPS) is 14.7. The number of hydrogen-bond acceptors (Lipinski definition) is 5. The number of nitrogens with zero attached hydrogens (tertiary/aromatic N) is 1. The van der Waals surface area contributed by atoms with Crippen LogP contribution in [0.3, 0.4) is 0 Å². The number of thiocarbonyl (C=S) groups is 1. The SMILES string of the molecule is O=C(NN1C(=O)/C(=C/c2ccccc2OCc2ccccc2Cl)SC1=S)c1ccccc1. The number of thioether (sulfide) groups is 1. The summed E-state index contributed by atoms with van der Waals surface area (Å²) in [5, 5.41) is 1.72. The van der Waals surface area contributed by atoms with Crippen molar-refractivity contribution in [3.8, 4) is 5.75 Å². The highest BCUT2D eigenvalue weighted by atomic mass is 35.5. The Morgan fingerprint density at radius 3 is 2.50 bits per heavy atom. The second-order valence-electron chi connectivity index (χ2n) is 6.74. The Hall–Kier alpha value is -3.13. The first kappa shape index (κ1) is 22.1. The van der Waals surface area contributed by atoms with Crippen LogP contribution in [0.5, 0.6) is 5.75 Å². The average molecular weight is 481 g/mol. The molecule has 8 heteroatoms. The second kappa shape index (κ2) is 9.99. The van der Waals surface area contributed by atoms with Gasteiger partial charge in [0.15, 0.2) is 4.32 Å². The molecule has 32 heavy (non-hydrogen) atoms. The molecule has 0 radical (unpaired) electrons. The predicted octanol–water partition coefficient (Wildman–Crippen LogP) is 5.47. The molecule has 4 rings (SSSR count). The van der Waals surface area contributed by atoms with Crippen molar-refractivity contribution in [1.82, 2.24) is 10.4 Å². The van der Waals surface area contributed by atoms with Crippen LogP contribution in [0.4, 0.5) is 0 Å². The minimum absolute atomic E-state index is 0.250. The van der Waals surface area contributed by atoms with Crippen LogP contribution in [0.15, 0.2) is 83.8 Å². The minimum Gasteiger partial charge on any atom is -0.488 e. The van der Waals surface area contributed by atoms with Crippen LogP contribution in [0.25, 0.3) is 6.08 Å². The lowest BCUT2D eigenvalue weighted by atomic mass is 10.2. The van der Waals surface area contributed by atoms with Crippen molar-refractivity contribution in [2.24, 2.45) is 0 Å². The van der Waals surface area contributed by atoms with Gasteiger partial charge in [0.2, 0.25) is 0 Å². The number of nitrogens with one attached hydrogen (secondary N) is 1. The lowest BCUT2D eigenvalue weighted by Crippen LogP contribution is -2.44. The third-order valence-corrected chi connectivity index (χ3v) is 6.26. The zero-order valence-electron chi connectivity index (χ0n) is 16.7. The van der Waals surface area contributed by atoms with E-state index in [1.54, 1.807) is 36.4 Å². The molecule has 0 aliphatic carbocycles. The molecular formula is C24H17ClN2O3S2. The van der Waals surface area contributed by atoms with Crippen LogP contribution in [-0.4, -0.2) is 21.1 Å². The summed E-state index contributed by atoms with van der Waals surface area (Å²) in [6.07, 6.45) is 1.70. The van der Waals surface area contributed by atoms with Gasteiger partial charge in [0.05, 0.1) is 4.91 Å². The van der Waals surface area contributed by atoms with E-state index in [0.717, 1.165) is 27.9 Å². The molecular weight excluding hydrogens is 464 g/mol. The highest BCUT2D eigenvalue weighted by molar-refractivity contribution is 8.26. The first-order valence-electron chi connectivity index (χ1n) is 9.62. The van der Waals surface area contributed by atoms with E-state index < -0.39 is 11.8 Å². The summed E-state index contributed by atoms with van der Waals surface area (Å²) in [6, 6.07) is 23.5. The maximum atomic E-state index is 12.9. The highest BCUT2D eigenvalue weighted by Crippen LogP contribution is 2.33. The zero-order chi connectivity index (χ0) is 22.5. The summed E-state index contributed by atoms with van der Waals surface area (Å²) in [5.74, 6) is -0.206. The van der Waals surface area contributed by atoms with Gasteiger partial charge in [-0.1, -0.05) is 78.0 Å². The van der Waals surface area contributed by atoms with E-state index in [1.807, 2.05) is 48.5 Å². The topological polar surface area (TPSA) is 58.6 Å². The van der Waals surface area contributed by atoms with Crippen LogP contribution < -0.4 is 10.2 Å². The second-order valence-corrected chi connectivity index (χ2v) is 8.82. The zero-order valence-corrected chi connectivity index (χ0v) is 19.0. The summed E-state index contributed by atoms with van der Waals surface area (Å²) in [7, 11) is 0. The molecule has 160 valence electrons. The minimum atomic E-state index is -0.411. The van der Waals surface area contributed by atoms with Crippen molar-refractivity contribution in [3.05, 3.63) is 105 Å². The molecule has 1 aliphatic rings. The van der Waals surface area contributed by atoms with E-state index in [9.17, 15) is 9.59 Å². The van der Waals surface area contributed by atoms with E-state index in [1.165, 1.54) is 0 Å². The number of hydrogen-bond donors (Lipinski definition) is 1. The Morgan fingerprint density at radius 1 is 1.03 bits per heavy atom. The van der Waals surface area contributed by atoms with Crippen LogP contribution in [0.1, 0.15) is 21.5 Å². The molecule has 5 nitrogen and oxygen atoms in total. The molecule has 1 N–H and O–H groups in total. The lowest BCUT2D eigenvalue weighted by Gasteiger charge is -2.15. The number of carbonyl (C=O) groups excluding carboxylic acids is 2. The number of ether oxygens (including phenoxy) is 1. The predicted molar refractivity (Wildman–Crippen MR) is 131 cm³/mol. The monoisotopic (exact) mass is 480 g/mol. The van der Waals surface area contributed by atoms with Gasteiger partial charge in [0, 0.05) is 21.7 Å². The van der Waals surface area contributed by atoms with Gasteiger partial charge in [-0.15, -0.1) is 0 Å². The standard InChI is InChI=1S/C24H17ClN2O3S2/c25-19-12-6-4-11-18(19)15-30-20-13-7-5-10-17(20)14-21-23(29)27(24(31)32-21)26-22(28)16-8-2-1-3-9-16/h1-14H,15H2,(H,26,28)/b21-14-. The largest absolute Gasteiger partial charge is 0.488 e. The molecule has 0 bridgehead atoms. The molecule has 0 aromatic heterocycles. The summed E-state index contributed by atoms with van der Waals surface area (Å²) in [4.78, 5) is 25.7. The van der Waals surface area contributed by atoms with Gasteiger partial charge in [-0.25, -0.2) is 0 Å². The molecule has 0 atom stereocenters.